The average Bonchev–Trinajstić information content (AvgIpc) is 3.15. The van der Waals surface area contributed by atoms with Gasteiger partial charge in [0.15, 0.2) is 0 Å². The molecule has 108 valence electrons. The highest BCUT2D eigenvalue weighted by atomic mass is 16.2. The SMILES string of the molecule is NC(=O)c1cn[nH]c1[C@H]1CCCN1C(=O)c1ccccc1. The molecule has 1 aromatic heterocycles. The number of hydrogen-bond acceptors (Lipinski definition) is 3. The topological polar surface area (TPSA) is 92.1 Å². The second-order valence-corrected chi connectivity index (χ2v) is 5.08. The van der Waals surface area contributed by atoms with Crippen molar-refractivity contribution >= 4 is 11.8 Å². The van der Waals surface area contributed by atoms with Gasteiger partial charge in [-0.1, -0.05) is 18.2 Å². The van der Waals surface area contributed by atoms with Crippen LogP contribution in [-0.2, 0) is 0 Å². The van der Waals surface area contributed by atoms with E-state index in [0.29, 0.717) is 23.4 Å². The molecule has 3 N–H and O–H groups in total. The molecule has 2 heterocycles. The lowest BCUT2D eigenvalue weighted by Gasteiger charge is -2.24. The van der Waals surface area contributed by atoms with Gasteiger partial charge in [0.2, 0.25) is 0 Å². The Morgan fingerprint density at radius 1 is 1.29 bits per heavy atom. The maximum absolute atomic E-state index is 12.6. The molecule has 2 amide bonds. The molecule has 6 nitrogen and oxygen atoms in total. The Kier molecular flexibility index (Phi) is 3.43. The summed E-state index contributed by atoms with van der Waals surface area (Å²) in [6.45, 7) is 0.662. The van der Waals surface area contributed by atoms with Gasteiger partial charge in [-0.2, -0.15) is 5.10 Å². The number of primary amides is 1. The molecule has 1 fully saturated rings. The van der Waals surface area contributed by atoms with Crippen molar-refractivity contribution in [1.29, 1.82) is 0 Å². The van der Waals surface area contributed by atoms with Crippen molar-refractivity contribution in [2.75, 3.05) is 6.54 Å². The van der Waals surface area contributed by atoms with Gasteiger partial charge < -0.3 is 10.6 Å². The van der Waals surface area contributed by atoms with Gasteiger partial charge >= 0.3 is 0 Å². The van der Waals surface area contributed by atoms with Crippen molar-refractivity contribution in [1.82, 2.24) is 15.1 Å². The van der Waals surface area contributed by atoms with E-state index in [4.69, 9.17) is 5.73 Å². The molecule has 3 rings (SSSR count). The number of rotatable bonds is 3. The first-order valence-electron chi connectivity index (χ1n) is 6.87. The smallest absolute Gasteiger partial charge is 0.254 e. The molecule has 1 aliphatic rings. The molecule has 6 heteroatoms. The molecule has 21 heavy (non-hydrogen) atoms. The van der Waals surface area contributed by atoms with Crippen LogP contribution in [0, 0.1) is 0 Å². The van der Waals surface area contributed by atoms with Crippen molar-refractivity contribution < 1.29 is 9.59 Å². The van der Waals surface area contributed by atoms with Gasteiger partial charge in [0, 0.05) is 12.1 Å². The minimum atomic E-state index is -0.530. The lowest BCUT2D eigenvalue weighted by Crippen LogP contribution is -2.31. The van der Waals surface area contributed by atoms with Gasteiger partial charge in [0.25, 0.3) is 11.8 Å². The van der Waals surface area contributed by atoms with E-state index in [2.05, 4.69) is 10.2 Å². The van der Waals surface area contributed by atoms with Crippen LogP contribution in [0.4, 0.5) is 0 Å². The highest BCUT2D eigenvalue weighted by molar-refractivity contribution is 5.96. The Bertz CT molecular complexity index is 665. The summed E-state index contributed by atoms with van der Waals surface area (Å²) in [5.74, 6) is -0.569. The van der Waals surface area contributed by atoms with Crippen LogP contribution in [0.15, 0.2) is 36.5 Å². The van der Waals surface area contributed by atoms with Crippen LogP contribution >= 0.6 is 0 Å². The molecule has 1 atom stereocenters. The number of carbonyl (C=O) groups is 2. The Morgan fingerprint density at radius 3 is 2.76 bits per heavy atom. The predicted octanol–water partition coefficient (Wildman–Crippen LogP) is 1.49. The molecular weight excluding hydrogens is 268 g/mol. The quantitative estimate of drug-likeness (QED) is 0.894. The Morgan fingerprint density at radius 2 is 2.05 bits per heavy atom. The van der Waals surface area contributed by atoms with Crippen LogP contribution in [0.2, 0.25) is 0 Å². The van der Waals surface area contributed by atoms with E-state index in [9.17, 15) is 9.59 Å². The van der Waals surface area contributed by atoms with Gasteiger partial charge in [-0.3, -0.25) is 14.7 Å². The second kappa shape index (κ2) is 5.40. The van der Waals surface area contributed by atoms with Crippen LogP contribution in [0.5, 0.6) is 0 Å². The van der Waals surface area contributed by atoms with Crippen LogP contribution in [0.3, 0.4) is 0 Å². The first-order valence-corrected chi connectivity index (χ1v) is 6.87. The molecule has 0 saturated carbocycles. The molecule has 2 aromatic rings. The first kappa shape index (κ1) is 13.4. The second-order valence-electron chi connectivity index (χ2n) is 5.08. The van der Waals surface area contributed by atoms with E-state index in [1.54, 1.807) is 17.0 Å². The van der Waals surface area contributed by atoms with Crippen LogP contribution in [-0.4, -0.2) is 33.5 Å². The number of nitrogens with two attached hydrogens (primary N) is 1. The fourth-order valence-corrected chi connectivity index (χ4v) is 2.80. The van der Waals surface area contributed by atoms with E-state index < -0.39 is 5.91 Å². The third-order valence-corrected chi connectivity index (χ3v) is 3.80. The zero-order valence-corrected chi connectivity index (χ0v) is 11.5. The van der Waals surface area contributed by atoms with E-state index in [0.717, 1.165) is 12.8 Å². The third-order valence-electron chi connectivity index (χ3n) is 3.80. The maximum atomic E-state index is 12.6. The molecule has 1 aromatic carbocycles. The van der Waals surface area contributed by atoms with Crippen molar-refractivity contribution in [3.8, 4) is 0 Å². The van der Waals surface area contributed by atoms with Crippen LogP contribution < -0.4 is 5.73 Å². The van der Waals surface area contributed by atoms with Crippen molar-refractivity contribution in [3.05, 3.63) is 53.3 Å². The van der Waals surface area contributed by atoms with Gasteiger partial charge in [0.05, 0.1) is 23.5 Å². The summed E-state index contributed by atoms with van der Waals surface area (Å²) in [6.07, 6.45) is 3.10. The van der Waals surface area contributed by atoms with E-state index >= 15 is 0 Å². The average molecular weight is 284 g/mol. The molecular formula is C15H16N4O2. The fourth-order valence-electron chi connectivity index (χ4n) is 2.80. The number of aromatic nitrogens is 2. The number of nitrogens with one attached hydrogen (secondary N) is 1. The van der Waals surface area contributed by atoms with Crippen molar-refractivity contribution in [2.24, 2.45) is 5.73 Å². The van der Waals surface area contributed by atoms with Crippen LogP contribution in [0.1, 0.15) is 45.3 Å². The summed E-state index contributed by atoms with van der Waals surface area (Å²) in [6, 6.07) is 8.95. The number of carbonyl (C=O) groups excluding carboxylic acids is 2. The molecule has 0 unspecified atom stereocenters. The molecule has 0 bridgehead atoms. The van der Waals surface area contributed by atoms with Gasteiger partial charge in [-0.05, 0) is 25.0 Å². The lowest BCUT2D eigenvalue weighted by atomic mass is 10.1. The minimum absolute atomic E-state index is 0.0388. The third kappa shape index (κ3) is 2.40. The van der Waals surface area contributed by atoms with E-state index in [-0.39, 0.29) is 11.9 Å². The summed E-state index contributed by atoms with van der Waals surface area (Å²) < 4.78 is 0. The fraction of sp³-hybridized carbons (Fsp3) is 0.267. The van der Waals surface area contributed by atoms with E-state index in [1.807, 2.05) is 18.2 Å². The Labute approximate surface area is 121 Å². The summed E-state index contributed by atoms with van der Waals surface area (Å²) in [4.78, 5) is 25.8. The Hall–Kier alpha value is -2.63. The van der Waals surface area contributed by atoms with Crippen LogP contribution in [0.25, 0.3) is 0 Å². The lowest BCUT2D eigenvalue weighted by molar-refractivity contribution is 0.0730. The number of hydrogen-bond donors (Lipinski definition) is 2. The number of nitrogens with zero attached hydrogens (tertiary/aromatic N) is 2. The zero-order chi connectivity index (χ0) is 14.8. The summed E-state index contributed by atoms with van der Waals surface area (Å²) in [5.41, 5.74) is 6.98. The minimum Gasteiger partial charge on any atom is -0.365 e. The highest BCUT2D eigenvalue weighted by Crippen LogP contribution is 2.33. The number of aromatic amines is 1. The number of likely N-dealkylation sites (tertiary alicyclic amines) is 1. The van der Waals surface area contributed by atoms with Crippen molar-refractivity contribution in [2.45, 2.75) is 18.9 Å². The summed E-state index contributed by atoms with van der Waals surface area (Å²) in [5, 5.41) is 6.71. The summed E-state index contributed by atoms with van der Waals surface area (Å²) >= 11 is 0. The first-order chi connectivity index (χ1) is 10.2. The Balaban J connectivity index is 1.91. The molecule has 1 saturated heterocycles. The number of H-pyrrole nitrogens is 1. The largest absolute Gasteiger partial charge is 0.365 e. The molecule has 0 radical (unpaired) electrons. The van der Waals surface area contributed by atoms with Gasteiger partial charge in [0.1, 0.15) is 0 Å². The normalized spacial score (nSPS) is 17.9. The summed E-state index contributed by atoms with van der Waals surface area (Å²) in [7, 11) is 0. The van der Waals surface area contributed by atoms with Gasteiger partial charge in [-0.25, -0.2) is 0 Å². The number of benzene rings is 1. The van der Waals surface area contributed by atoms with Gasteiger partial charge in [-0.15, -0.1) is 0 Å². The molecule has 0 spiro atoms. The highest BCUT2D eigenvalue weighted by Gasteiger charge is 2.33. The predicted molar refractivity (Wildman–Crippen MR) is 76.6 cm³/mol. The monoisotopic (exact) mass is 284 g/mol. The standard InChI is InChI=1S/C15H16N4O2/c16-14(20)11-9-17-18-13(11)12-7-4-8-19(12)15(21)10-5-2-1-3-6-10/h1-3,5-6,9,12H,4,7-8H2,(H2,16,20)(H,17,18)/t12-/m1/s1. The molecule has 0 aliphatic carbocycles. The molecule has 1 aliphatic heterocycles. The maximum Gasteiger partial charge on any atom is 0.254 e. The zero-order valence-electron chi connectivity index (χ0n) is 11.5. The number of amides is 2. The van der Waals surface area contributed by atoms with Crippen molar-refractivity contribution in [3.63, 3.8) is 0 Å². The van der Waals surface area contributed by atoms with E-state index in [1.165, 1.54) is 6.20 Å².